The molecular formula is C17H18ClN5OS. The molecule has 8 heteroatoms. The number of aryl methyl sites for hydroxylation is 1. The Balaban J connectivity index is 1.84. The molecule has 0 fully saturated rings. The lowest BCUT2D eigenvalue weighted by molar-refractivity contribution is 0.0577. The van der Waals surface area contributed by atoms with Gasteiger partial charge in [0.25, 0.3) is 0 Å². The standard InChI is InChI=1S/C17H18ClN5OS/c1-17(2,24)10-23-9-12(7-20-23)25-21-14-5-4-13(18)15-11(6-19)8-22(3)16(14)15/h4-5,7-9,21,24H,10H2,1-3H3. The third-order valence-electron chi connectivity index (χ3n) is 3.63. The topological polar surface area (TPSA) is 78.8 Å². The maximum absolute atomic E-state index is 9.86. The van der Waals surface area contributed by atoms with Crippen LogP contribution >= 0.6 is 23.5 Å². The monoisotopic (exact) mass is 375 g/mol. The van der Waals surface area contributed by atoms with Crippen LogP contribution in [-0.2, 0) is 13.6 Å². The zero-order valence-corrected chi connectivity index (χ0v) is 15.7. The number of nitrogens with zero attached hydrogens (tertiary/aromatic N) is 4. The number of anilines is 1. The molecule has 2 N–H and O–H groups in total. The first-order valence-corrected chi connectivity index (χ1v) is 8.83. The van der Waals surface area contributed by atoms with Gasteiger partial charge in [0, 0.05) is 24.8 Å². The molecule has 0 aliphatic rings. The highest BCUT2D eigenvalue weighted by atomic mass is 35.5. The van der Waals surface area contributed by atoms with E-state index < -0.39 is 5.60 Å². The third kappa shape index (κ3) is 3.76. The summed E-state index contributed by atoms with van der Waals surface area (Å²) in [5.41, 5.74) is 1.47. The van der Waals surface area contributed by atoms with Gasteiger partial charge in [-0.05, 0) is 37.9 Å². The van der Waals surface area contributed by atoms with Gasteiger partial charge in [-0.15, -0.1) is 0 Å². The van der Waals surface area contributed by atoms with Crippen LogP contribution in [0.4, 0.5) is 5.69 Å². The predicted octanol–water partition coefficient (Wildman–Crippen LogP) is 3.79. The Morgan fingerprint density at radius 2 is 2.16 bits per heavy atom. The molecule has 6 nitrogen and oxygen atoms in total. The average molecular weight is 376 g/mol. The van der Waals surface area contributed by atoms with E-state index in [0.29, 0.717) is 17.1 Å². The van der Waals surface area contributed by atoms with Gasteiger partial charge in [-0.25, -0.2) is 0 Å². The van der Waals surface area contributed by atoms with Crippen LogP contribution in [0.3, 0.4) is 0 Å². The molecule has 0 spiro atoms. The maximum Gasteiger partial charge on any atom is 0.101 e. The molecule has 0 aliphatic heterocycles. The second-order valence-electron chi connectivity index (χ2n) is 6.47. The summed E-state index contributed by atoms with van der Waals surface area (Å²) in [6.07, 6.45) is 5.38. The van der Waals surface area contributed by atoms with E-state index in [1.165, 1.54) is 11.9 Å². The smallest absolute Gasteiger partial charge is 0.101 e. The number of nitrogens with one attached hydrogen (secondary N) is 1. The summed E-state index contributed by atoms with van der Waals surface area (Å²) in [7, 11) is 1.89. The van der Waals surface area contributed by atoms with E-state index in [1.54, 1.807) is 37.0 Å². The van der Waals surface area contributed by atoms with Crippen molar-refractivity contribution in [2.75, 3.05) is 4.72 Å². The number of hydrogen-bond donors (Lipinski definition) is 2. The van der Waals surface area contributed by atoms with Gasteiger partial charge in [-0.3, -0.25) is 4.68 Å². The SMILES string of the molecule is Cn1cc(C#N)c2c(Cl)ccc(NSc3cnn(CC(C)(C)O)c3)c21. The Morgan fingerprint density at radius 3 is 2.84 bits per heavy atom. The van der Waals surface area contributed by atoms with Crippen LogP contribution < -0.4 is 4.72 Å². The fourth-order valence-electron chi connectivity index (χ4n) is 2.67. The largest absolute Gasteiger partial charge is 0.389 e. The second kappa shape index (κ2) is 6.64. The molecule has 2 aromatic heterocycles. The minimum absolute atomic E-state index is 0.419. The molecule has 0 saturated heterocycles. The summed E-state index contributed by atoms with van der Waals surface area (Å²) in [4.78, 5) is 0.919. The minimum Gasteiger partial charge on any atom is -0.389 e. The minimum atomic E-state index is -0.819. The van der Waals surface area contributed by atoms with Crippen LogP contribution in [0.5, 0.6) is 0 Å². The number of aromatic nitrogens is 3. The zero-order chi connectivity index (χ0) is 18.2. The van der Waals surface area contributed by atoms with Gasteiger partial charge in [0.2, 0.25) is 0 Å². The van der Waals surface area contributed by atoms with Crippen LogP contribution in [0.2, 0.25) is 5.02 Å². The number of aliphatic hydroxyl groups is 1. The van der Waals surface area contributed by atoms with Crippen LogP contribution in [0.15, 0.2) is 35.6 Å². The Hall–Kier alpha value is -2.14. The molecular weight excluding hydrogens is 358 g/mol. The molecule has 0 unspecified atom stereocenters. The normalized spacial score (nSPS) is 11.7. The molecule has 0 aliphatic carbocycles. The van der Waals surface area contributed by atoms with E-state index >= 15 is 0 Å². The van der Waals surface area contributed by atoms with Crippen LogP contribution in [0.25, 0.3) is 10.9 Å². The summed E-state index contributed by atoms with van der Waals surface area (Å²) in [5, 5.41) is 24.7. The fraction of sp³-hybridized carbons (Fsp3) is 0.294. The number of rotatable bonds is 5. The molecule has 0 saturated carbocycles. The van der Waals surface area contributed by atoms with Crippen molar-refractivity contribution in [2.45, 2.75) is 30.9 Å². The summed E-state index contributed by atoms with van der Waals surface area (Å²) in [6, 6.07) is 5.85. The van der Waals surface area contributed by atoms with Gasteiger partial charge in [0.15, 0.2) is 0 Å². The highest BCUT2D eigenvalue weighted by molar-refractivity contribution is 8.00. The lowest BCUT2D eigenvalue weighted by Crippen LogP contribution is -2.26. The first-order valence-electron chi connectivity index (χ1n) is 7.64. The molecule has 25 heavy (non-hydrogen) atoms. The fourth-order valence-corrected chi connectivity index (χ4v) is 3.59. The van der Waals surface area contributed by atoms with Crippen LogP contribution in [-0.4, -0.2) is 25.1 Å². The van der Waals surface area contributed by atoms with Crippen molar-refractivity contribution in [3.63, 3.8) is 0 Å². The zero-order valence-electron chi connectivity index (χ0n) is 14.1. The molecule has 0 bridgehead atoms. The summed E-state index contributed by atoms with van der Waals surface area (Å²) in [5.74, 6) is 0. The van der Waals surface area contributed by atoms with E-state index in [2.05, 4.69) is 15.9 Å². The number of halogens is 1. The number of nitriles is 1. The van der Waals surface area contributed by atoms with Gasteiger partial charge in [-0.2, -0.15) is 10.4 Å². The van der Waals surface area contributed by atoms with Crippen molar-refractivity contribution in [3.05, 3.63) is 41.3 Å². The number of fused-ring (bicyclic) bond motifs is 1. The Labute approximate surface area is 155 Å². The molecule has 1 aromatic carbocycles. The molecule has 130 valence electrons. The highest BCUT2D eigenvalue weighted by Crippen LogP contribution is 2.35. The Kier molecular flexibility index (Phi) is 4.69. The predicted molar refractivity (Wildman–Crippen MR) is 101 cm³/mol. The molecule has 2 heterocycles. The van der Waals surface area contributed by atoms with E-state index in [1.807, 2.05) is 23.9 Å². The van der Waals surface area contributed by atoms with Crippen molar-refractivity contribution in [3.8, 4) is 6.07 Å². The molecule has 3 rings (SSSR count). The average Bonchev–Trinajstić information content (AvgIpc) is 3.10. The van der Waals surface area contributed by atoms with E-state index in [4.69, 9.17) is 11.6 Å². The molecule has 0 atom stereocenters. The van der Waals surface area contributed by atoms with Gasteiger partial charge in [-0.1, -0.05) is 11.6 Å². The first kappa shape index (κ1) is 17.7. The van der Waals surface area contributed by atoms with Crippen molar-refractivity contribution in [1.82, 2.24) is 14.3 Å². The summed E-state index contributed by atoms with van der Waals surface area (Å²) in [6.45, 7) is 3.90. The second-order valence-corrected chi connectivity index (χ2v) is 7.76. The summed E-state index contributed by atoms with van der Waals surface area (Å²) < 4.78 is 6.89. The van der Waals surface area contributed by atoms with Crippen LogP contribution in [0.1, 0.15) is 19.4 Å². The van der Waals surface area contributed by atoms with Crippen LogP contribution in [0, 0.1) is 11.3 Å². The summed E-state index contributed by atoms with van der Waals surface area (Å²) >= 11 is 7.68. The Bertz CT molecular complexity index is 964. The maximum atomic E-state index is 9.86. The lowest BCUT2D eigenvalue weighted by atomic mass is 10.1. The van der Waals surface area contributed by atoms with Crippen molar-refractivity contribution in [1.29, 1.82) is 5.26 Å². The highest BCUT2D eigenvalue weighted by Gasteiger charge is 2.16. The molecule has 0 radical (unpaired) electrons. The molecule has 0 amide bonds. The molecule has 3 aromatic rings. The number of hydrogen-bond acceptors (Lipinski definition) is 5. The van der Waals surface area contributed by atoms with E-state index in [0.717, 1.165) is 21.5 Å². The van der Waals surface area contributed by atoms with Gasteiger partial charge >= 0.3 is 0 Å². The van der Waals surface area contributed by atoms with Crippen molar-refractivity contribution >= 4 is 40.1 Å². The van der Waals surface area contributed by atoms with Gasteiger partial charge in [0.05, 0.1) is 45.0 Å². The number of benzene rings is 1. The van der Waals surface area contributed by atoms with Crippen molar-refractivity contribution < 1.29 is 5.11 Å². The Morgan fingerprint density at radius 1 is 1.40 bits per heavy atom. The van der Waals surface area contributed by atoms with Gasteiger partial charge in [0.1, 0.15) is 6.07 Å². The third-order valence-corrected chi connectivity index (χ3v) is 4.71. The van der Waals surface area contributed by atoms with E-state index in [9.17, 15) is 10.4 Å². The lowest BCUT2D eigenvalue weighted by Gasteiger charge is -2.16. The van der Waals surface area contributed by atoms with Crippen molar-refractivity contribution in [2.24, 2.45) is 7.05 Å². The first-order chi connectivity index (χ1) is 11.8. The van der Waals surface area contributed by atoms with E-state index in [-0.39, 0.29) is 0 Å². The van der Waals surface area contributed by atoms with Gasteiger partial charge < -0.3 is 14.4 Å². The quantitative estimate of drug-likeness (QED) is 0.663.